The summed E-state index contributed by atoms with van der Waals surface area (Å²) in [7, 11) is 0. The third-order valence-electron chi connectivity index (χ3n) is 2.36. The van der Waals surface area contributed by atoms with E-state index in [-0.39, 0.29) is 11.1 Å². The van der Waals surface area contributed by atoms with E-state index in [9.17, 15) is 9.59 Å². The number of unbranched alkanes of at least 4 members (excludes halogenated alkanes) is 1. The number of nitrogens with zero attached hydrogens (tertiary/aromatic N) is 1. The van der Waals surface area contributed by atoms with Crippen molar-refractivity contribution in [3.05, 3.63) is 34.2 Å². The average molecular weight is 239 g/mol. The van der Waals surface area contributed by atoms with Gasteiger partial charge in [0.25, 0.3) is 5.56 Å². The quantitative estimate of drug-likeness (QED) is 0.729. The van der Waals surface area contributed by atoms with Gasteiger partial charge in [-0.2, -0.15) is 0 Å². The first-order valence-corrected chi connectivity index (χ1v) is 5.66. The standard InChI is InChI=1S/C12H17NO4/c1-2-3-7-17-8-6-13-5-4-10(12(15)16)9-11(13)14/h4-5,9H,2-3,6-8H2,1H3,(H,15,16). The molecular formula is C12H17NO4. The van der Waals surface area contributed by atoms with Crippen molar-refractivity contribution in [2.45, 2.75) is 26.3 Å². The lowest BCUT2D eigenvalue weighted by Crippen LogP contribution is -2.22. The lowest BCUT2D eigenvalue weighted by atomic mass is 10.3. The number of aromatic nitrogens is 1. The Balaban J connectivity index is 2.49. The Kier molecular flexibility index (Phi) is 5.42. The molecule has 1 N–H and O–H groups in total. The van der Waals surface area contributed by atoms with Crippen LogP contribution in [0, 0.1) is 0 Å². The monoisotopic (exact) mass is 239 g/mol. The molecule has 5 nitrogen and oxygen atoms in total. The SMILES string of the molecule is CCCCOCCn1ccc(C(=O)O)cc1=O. The molecule has 1 heterocycles. The first-order valence-electron chi connectivity index (χ1n) is 5.66. The van der Waals surface area contributed by atoms with Gasteiger partial charge in [0.05, 0.1) is 12.2 Å². The Morgan fingerprint density at radius 3 is 2.82 bits per heavy atom. The summed E-state index contributed by atoms with van der Waals surface area (Å²) in [5.74, 6) is -1.09. The summed E-state index contributed by atoms with van der Waals surface area (Å²) in [5.41, 5.74) is -0.304. The minimum Gasteiger partial charge on any atom is -0.478 e. The molecule has 0 radical (unpaired) electrons. The Hall–Kier alpha value is -1.62. The molecule has 0 aliphatic heterocycles. The number of carbonyl (C=O) groups is 1. The van der Waals surface area contributed by atoms with Gasteiger partial charge in [-0.3, -0.25) is 4.79 Å². The van der Waals surface area contributed by atoms with Gasteiger partial charge in [-0.05, 0) is 12.5 Å². The van der Waals surface area contributed by atoms with Crippen molar-refractivity contribution >= 4 is 5.97 Å². The van der Waals surface area contributed by atoms with Gasteiger partial charge in [0.1, 0.15) is 0 Å². The second-order valence-corrected chi connectivity index (χ2v) is 3.72. The van der Waals surface area contributed by atoms with Crippen LogP contribution in [0.2, 0.25) is 0 Å². The fraction of sp³-hybridized carbons (Fsp3) is 0.500. The molecule has 0 bridgehead atoms. The highest BCUT2D eigenvalue weighted by Crippen LogP contribution is 1.95. The molecule has 0 amide bonds. The topological polar surface area (TPSA) is 68.5 Å². The second-order valence-electron chi connectivity index (χ2n) is 3.72. The Morgan fingerprint density at radius 1 is 1.47 bits per heavy atom. The summed E-state index contributed by atoms with van der Waals surface area (Å²) in [6, 6.07) is 2.53. The minimum absolute atomic E-state index is 0.0122. The summed E-state index contributed by atoms with van der Waals surface area (Å²) in [6.07, 6.45) is 3.56. The zero-order valence-corrected chi connectivity index (χ0v) is 9.89. The molecular weight excluding hydrogens is 222 g/mol. The first kappa shape index (κ1) is 13.4. The van der Waals surface area contributed by atoms with Crippen LogP contribution in [0.25, 0.3) is 0 Å². The Morgan fingerprint density at radius 2 is 2.24 bits per heavy atom. The second kappa shape index (κ2) is 6.85. The van der Waals surface area contributed by atoms with Crippen LogP contribution < -0.4 is 5.56 Å². The number of carboxylic acids is 1. The van der Waals surface area contributed by atoms with E-state index in [1.165, 1.54) is 16.8 Å². The number of pyridine rings is 1. The minimum atomic E-state index is -1.09. The molecule has 0 aromatic carbocycles. The Labute approximate surface area is 99.6 Å². The summed E-state index contributed by atoms with van der Waals surface area (Å²) in [4.78, 5) is 22.1. The van der Waals surface area contributed by atoms with Gasteiger partial charge in [0, 0.05) is 25.4 Å². The highest BCUT2D eigenvalue weighted by molar-refractivity contribution is 5.87. The van der Waals surface area contributed by atoms with E-state index in [4.69, 9.17) is 9.84 Å². The maximum atomic E-state index is 11.5. The van der Waals surface area contributed by atoms with E-state index in [1.807, 2.05) is 0 Å². The number of rotatable bonds is 7. The molecule has 1 aromatic rings. The van der Waals surface area contributed by atoms with Crippen molar-refractivity contribution in [3.63, 3.8) is 0 Å². The molecule has 0 unspecified atom stereocenters. The molecule has 0 saturated heterocycles. The molecule has 0 fully saturated rings. The number of aromatic carboxylic acids is 1. The lowest BCUT2D eigenvalue weighted by molar-refractivity contribution is 0.0696. The van der Waals surface area contributed by atoms with Crippen LogP contribution in [0.1, 0.15) is 30.1 Å². The van der Waals surface area contributed by atoms with E-state index in [2.05, 4.69) is 6.92 Å². The van der Waals surface area contributed by atoms with Crippen LogP contribution in [-0.2, 0) is 11.3 Å². The van der Waals surface area contributed by atoms with Gasteiger partial charge < -0.3 is 14.4 Å². The maximum Gasteiger partial charge on any atom is 0.335 e. The van der Waals surface area contributed by atoms with Gasteiger partial charge in [0.2, 0.25) is 0 Å². The molecule has 5 heteroatoms. The molecule has 0 atom stereocenters. The van der Waals surface area contributed by atoms with Crippen LogP contribution in [0.15, 0.2) is 23.1 Å². The number of ether oxygens (including phenoxy) is 1. The van der Waals surface area contributed by atoms with Crippen LogP contribution in [0.3, 0.4) is 0 Å². The summed E-state index contributed by atoms with van der Waals surface area (Å²) >= 11 is 0. The summed E-state index contributed by atoms with van der Waals surface area (Å²) < 4.78 is 6.78. The molecule has 0 aliphatic rings. The smallest absolute Gasteiger partial charge is 0.335 e. The van der Waals surface area contributed by atoms with E-state index in [0.717, 1.165) is 18.9 Å². The van der Waals surface area contributed by atoms with Gasteiger partial charge in [0.15, 0.2) is 0 Å². The molecule has 1 rings (SSSR count). The zero-order valence-electron chi connectivity index (χ0n) is 9.89. The van der Waals surface area contributed by atoms with Crippen molar-refractivity contribution < 1.29 is 14.6 Å². The van der Waals surface area contributed by atoms with Gasteiger partial charge in [-0.25, -0.2) is 4.79 Å². The fourth-order valence-corrected chi connectivity index (χ4v) is 1.34. The Bertz CT molecular complexity index is 425. The summed E-state index contributed by atoms with van der Waals surface area (Å²) in [5, 5.41) is 8.70. The van der Waals surface area contributed by atoms with Crippen molar-refractivity contribution in [2.24, 2.45) is 0 Å². The third-order valence-corrected chi connectivity index (χ3v) is 2.36. The normalized spacial score (nSPS) is 10.4. The van der Waals surface area contributed by atoms with Gasteiger partial charge in [-0.15, -0.1) is 0 Å². The van der Waals surface area contributed by atoms with Crippen molar-refractivity contribution in [2.75, 3.05) is 13.2 Å². The maximum absolute atomic E-state index is 11.5. The van der Waals surface area contributed by atoms with Crippen molar-refractivity contribution in [3.8, 4) is 0 Å². The number of hydrogen-bond acceptors (Lipinski definition) is 3. The average Bonchev–Trinajstić information content (AvgIpc) is 2.30. The predicted octanol–water partition coefficient (Wildman–Crippen LogP) is 1.36. The van der Waals surface area contributed by atoms with Crippen molar-refractivity contribution in [1.29, 1.82) is 0 Å². The molecule has 0 aliphatic carbocycles. The van der Waals surface area contributed by atoms with Gasteiger partial charge >= 0.3 is 5.97 Å². The third kappa shape index (κ3) is 4.40. The molecule has 1 aromatic heterocycles. The van der Waals surface area contributed by atoms with Crippen LogP contribution in [0.4, 0.5) is 0 Å². The van der Waals surface area contributed by atoms with E-state index < -0.39 is 5.97 Å². The highest BCUT2D eigenvalue weighted by Gasteiger charge is 2.04. The predicted molar refractivity (Wildman–Crippen MR) is 63.4 cm³/mol. The van der Waals surface area contributed by atoms with Crippen LogP contribution in [0.5, 0.6) is 0 Å². The van der Waals surface area contributed by atoms with E-state index >= 15 is 0 Å². The van der Waals surface area contributed by atoms with Gasteiger partial charge in [-0.1, -0.05) is 13.3 Å². The lowest BCUT2D eigenvalue weighted by Gasteiger charge is -2.06. The largest absolute Gasteiger partial charge is 0.478 e. The zero-order chi connectivity index (χ0) is 12.7. The summed E-state index contributed by atoms with van der Waals surface area (Å²) in [6.45, 7) is 3.69. The van der Waals surface area contributed by atoms with Crippen LogP contribution >= 0.6 is 0 Å². The van der Waals surface area contributed by atoms with Crippen LogP contribution in [-0.4, -0.2) is 28.9 Å². The number of hydrogen-bond donors (Lipinski definition) is 1. The number of carboxylic acid groups (broad SMARTS) is 1. The first-order chi connectivity index (χ1) is 8.15. The fourth-order valence-electron chi connectivity index (χ4n) is 1.34. The highest BCUT2D eigenvalue weighted by atomic mass is 16.5. The van der Waals surface area contributed by atoms with Crippen molar-refractivity contribution in [1.82, 2.24) is 4.57 Å². The molecule has 17 heavy (non-hydrogen) atoms. The molecule has 0 saturated carbocycles. The molecule has 0 spiro atoms. The molecule has 94 valence electrons. The van der Waals surface area contributed by atoms with E-state index in [0.29, 0.717) is 19.8 Å². The van der Waals surface area contributed by atoms with E-state index in [1.54, 1.807) is 0 Å².